The van der Waals surface area contributed by atoms with Crippen molar-refractivity contribution in [1.82, 2.24) is 24.6 Å². The molecule has 0 radical (unpaired) electrons. The maximum absolute atomic E-state index is 5.43. The van der Waals surface area contributed by atoms with Crippen LogP contribution in [0.5, 0.6) is 0 Å². The van der Waals surface area contributed by atoms with Crippen molar-refractivity contribution in [2.75, 3.05) is 18.5 Å². The van der Waals surface area contributed by atoms with Gasteiger partial charge in [0, 0.05) is 43.1 Å². The van der Waals surface area contributed by atoms with Gasteiger partial charge < -0.3 is 10.1 Å². The molecule has 2 aliphatic rings. The first kappa shape index (κ1) is 18.4. The minimum atomic E-state index is 0.363. The number of aromatic nitrogens is 5. The number of anilines is 1. The summed E-state index contributed by atoms with van der Waals surface area (Å²) >= 11 is 0. The maximum Gasteiger partial charge on any atom is 0.223 e. The summed E-state index contributed by atoms with van der Waals surface area (Å²) in [5, 5.41) is 12.4. The fourth-order valence-corrected chi connectivity index (χ4v) is 4.48. The minimum Gasteiger partial charge on any atom is -0.381 e. The number of nitrogens with zero attached hydrogens (tertiary/aromatic N) is 5. The van der Waals surface area contributed by atoms with Gasteiger partial charge in [0.2, 0.25) is 5.95 Å². The molecule has 3 aromatic heterocycles. The highest BCUT2D eigenvalue weighted by atomic mass is 16.5. The Morgan fingerprint density at radius 1 is 0.968 bits per heavy atom. The summed E-state index contributed by atoms with van der Waals surface area (Å²) in [5.74, 6) is 2.67. The van der Waals surface area contributed by atoms with Gasteiger partial charge in [-0.05, 0) is 48.9 Å². The minimum absolute atomic E-state index is 0.363. The lowest BCUT2D eigenvalue weighted by atomic mass is 10.1. The molecule has 1 saturated carbocycles. The second-order valence-corrected chi connectivity index (χ2v) is 8.36. The average Bonchev–Trinajstić information content (AvgIpc) is 3.51. The molecule has 2 atom stereocenters. The number of fused-ring (bicyclic) bond motifs is 1. The van der Waals surface area contributed by atoms with Gasteiger partial charge in [-0.1, -0.05) is 30.3 Å². The van der Waals surface area contributed by atoms with E-state index in [0.29, 0.717) is 23.8 Å². The van der Waals surface area contributed by atoms with E-state index in [1.807, 2.05) is 6.07 Å². The van der Waals surface area contributed by atoms with Crippen LogP contribution in [0, 0.1) is 0 Å². The molecular formula is C24H24N6O. The van der Waals surface area contributed by atoms with Gasteiger partial charge in [-0.15, -0.1) is 10.2 Å². The van der Waals surface area contributed by atoms with Crippen molar-refractivity contribution < 1.29 is 4.74 Å². The van der Waals surface area contributed by atoms with Crippen LogP contribution in [0.2, 0.25) is 0 Å². The Morgan fingerprint density at radius 2 is 1.84 bits per heavy atom. The molecule has 7 nitrogen and oxygen atoms in total. The Labute approximate surface area is 180 Å². The Kier molecular flexibility index (Phi) is 4.61. The van der Waals surface area contributed by atoms with E-state index in [1.54, 1.807) is 6.20 Å². The third-order valence-electron chi connectivity index (χ3n) is 6.29. The first-order valence-electron chi connectivity index (χ1n) is 10.9. The molecule has 156 valence electrons. The van der Waals surface area contributed by atoms with E-state index in [2.05, 4.69) is 73.6 Å². The zero-order chi connectivity index (χ0) is 20.6. The number of benzene rings is 1. The number of rotatable bonds is 5. The lowest BCUT2D eigenvalue weighted by Gasteiger charge is -2.23. The Hall–Kier alpha value is -3.32. The molecule has 4 heterocycles. The predicted molar refractivity (Wildman–Crippen MR) is 118 cm³/mol. The Balaban J connectivity index is 1.24. The van der Waals surface area contributed by atoms with Crippen LogP contribution in [0.1, 0.15) is 42.5 Å². The summed E-state index contributed by atoms with van der Waals surface area (Å²) in [6, 6.07) is 17.1. The molecule has 1 aromatic carbocycles. The zero-order valence-electron chi connectivity index (χ0n) is 17.2. The van der Waals surface area contributed by atoms with Gasteiger partial charge in [-0.2, -0.15) is 0 Å². The van der Waals surface area contributed by atoms with Crippen LogP contribution in [0.3, 0.4) is 0 Å². The molecule has 4 aromatic rings. The van der Waals surface area contributed by atoms with Gasteiger partial charge in [0.1, 0.15) is 5.82 Å². The summed E-state index contributed by atoms with van der Waals surface area (Å²) in [7, 11) is 0. The lowest BCUT2D eigenvalue weighted by Crippen LogP contribution is -2.28. The van der Waals surface area contributed by atoms with E-state index in [0.717, 1.165) is 55.2 Å². The van der Waals surface area contributed by atoms with Crippen LogP contribution < -0.4 is 5.32 Å². The standard InChI is InChI=1S/C24H24N6O/c1-2-4-16(5-3-1)19-15-20(19)23-29-28-22-14-17(7-11-30(22)23)21-6-10-25-24(27-21)26-18-8-12-31-13-9-18/h1-7,10-11,14,18-20H,8-9,12-13,15H2,(H,25,26,27)/t19-,20+/m0/s1. The van der Waals surface area contributed by atoms with Crippen molar-refractivity contribution in [1.29, 1.82) is 0 Å². The maximum atomic E-state index is 5.43. The third kappa shape index (κ3) is 3.65. The van der Waals surface area contributed by atoms with Crippen molar-refractivity contribution in [3.8, 4) is 11.3 Å². The molecule has 1 N–H and O–H groups in total. The highest BCUT2D eigenvalue weighted by Crippen LogP contribution is 2.53. The molecule has 1 aliphatic carbocycles. The predicted octanol–water partition coefficient (Wildman–Crippen LogP) is 4.05. The molecule has 2 fully saturated rings. The highest BCUT2D eigenvalue weighted by Gasteiger charge is 2.42. The van der Waals surface area contributed by atoms with Gasteiger partial charge >= 0.3 is 0 Å². The molecule has 0 amide bonds. The van der Waals surface area contributed by atoms with Crippen molar-refractivity contribution in [2.45, 2.75) is 37.1 Å². The van der Waals surface area contributed by atoms with Gasteiger partial charge in [0.15, 0.2) is 5.65 Å². The highest BCUT2D eigenvalue weighted by molar-refractivity contribution is 5.64. The fraction of sp³-hybridized carbons (Fsp3) is 0.333. The fourth-order valence-electron chi connectivity index (χ4n) is 4.48. The molecule has 0 unspecified atom stereocenters. The molecule has 0 bridgehead atoms. The Bertz CT molecular complexity index is 1200. The average molecular weight is 412 g/mol. The second kappa shape index (κ2) is 7.74. The smallest absolute Gasteiger partial charge is 0.223 e. The summed E-state index contributed by atoms with van der Waals surface area (Å²) in [4.78, 5) is 9.13. The summed E-state index contributed by atoms with van der Waals surface area (Å²) in [6.07, 6.45) is 6.95. The van der Waals surface area contributed by atoms with E-state index >= 15 is 0 Å². The van der Waals surface area contributed by atoms with E-state index in [-0.39, 0.29) is 0 Å². The molecule has 1 saturated heterocycles. The topological polar surface area (TPSA) is 77.2 Å². The number of hydrogen-bond acceptors (Lipinski definition) is 6. The summed E-state index contributed by atoms with van der Waals surface area (Å²) in [6.45, 7) is 1.57. The van der Waals surface area contributed by atoms with Crippen LogP contribution in [0.15, 0.2) is 60.9 Å². The van der Waals surface area contributed by atoms with Crippen LogP contribution in [0.25, 0.3) is 16.9 Å². The first-order valence-corrected chi connectivity index (χ1v) is 10.9. The molecule has 31 heavy (non-hydrogen) atoms. The molecular weight excluding hydrogens is 388 g/mol. The van der Waals surface area contributed by atoms with Crippen LogP contribution in [-0.4, -0.2) is 43.8 Å². The quantitative estimate of drug-likeness (QED) is 0.533. The number of pyridine rings is 1. The van der Waals surface area contributed by atoms with Crippen molar-refractivity contribution in [3.05, 3.63) is 72.3 Å². The van der Waals surface area contributed by atoms with E-state index in [1.165, 1.54) is 5.56 Å². The van der Waals surface area contributed by atoms with E-state index in [9.17, 15) is 0 Å². The monoisotopic (exact) mass is 412 g/mol. The second-order valence-electron chi connectivity index (χ2n) is 8.36. The summed E-state index contributed by atoms with van der Waals surface area (Å²) < 4.78 is 7.54. The van der Waals surface area contributed by atoms with Crippen molar-refractivity contribution in [2.24, 2.45) is 0 Å². The first-order chi connectivity index (χ1) is 15.3. The number of ether oxygens (including phenoxy) is 1. The molecule has 1 aliphatic heterocycles. The van der Waals surface area contributed by atoms with Crippen LogP contribution in [-0.2, 0) is 4.74 Å². The summed E-state index contributed by atoms with van der Waals surface area (Å²) in [5.41, 5.74) is 4.12. The van der Waals surface area contributed by atoms with Gasteiger partial charge in [0.05, 0.1) is 5.69 Å². The number of nitrogens with one attached hydrogen (secondary N) is 1. The number of hydrogen-bond donors (Lipinski definition) is 1. The Morgan fingerprint density at radius 3 is 2.71 bits per heavy atom. The van der Waals surface area contributed by atoms with E-state index < -0.39 is 0 Å². The molecule has 6 rings (SSSR count). The van der Waals surface area contributed by atoms with Crippen LogP contribution in [0.4, 0.5) is 5.95 Å². The zero-order valence-corrected chi connectivity index (χ0v) is 17.2. The van der Waals surface area contributed by atoms with Crippen LogP contribution >= 0.6 is 0 Å². The van der Waals surface area contributed by atoms with Gasteiger partial charge in [0.25, 0.3) is 0 Å². The van der Waals surface area contributed by atoms with Gasteiger partial charge in [-0.25, -0.2) is 9.97 Å². The third-order valence-corrected chi connectivity index (χ3v) is 6.29. The van der Waals surface area contributed by atoms with E-state index in [4.69, 9.17) is 9.72 Å². The SMILES string of the molecule is c1ccc([C@@H]2C[C@H]2c2nnc3cc(-c4ccnc(NC5CCOCC5)n4)ccn23)cc1. The van der Waals surface area contributed by atoms with Crippen molar-refractivity contribution >= 4 is 11.6 Å². The molecule has 0 spiro atoms. The lowest BCUT2D eigenvalue weighted by molar-refractivity contribution is 0.0903. The largest absolute Gasteiger partial charge is 0.381 e. The van der Waals surface area contributed by atoms with Crippen molar-refractivity contribution in [3.63, 3.8) is 0 Å². The van der Waals surface area contributed by atoms with Gasteiger partial charge in [-0.3, -0.25) is 4.40 Å². The normalized spacial score (nSPS) is 21.3. The molecule has 7 heteroatoms.